The Hall–Kier alpha value is -1.40. The van der Waals surface area contributed by atoms with Crippen LogP contribution in [0.15, 0.2) is 45.3 Å². The van der Waals surface area contributed by atoms with Crippen LogP contribution in [0.5, 0.6) is 5.75 Å². The maximum absolute atomic E-state index is 13.6. The van der Waals surface area contributed by atoms with E-state index in [0.717, 1.165) is 0 Å². The first-order chi connectivity index (χ1) is 9.47. The topological polar surface area (TPSA) is 46.5 Å². The summed E-state index contributed by atoms with van der Waals surface area (Å²) in [4.78, 5) is 11.1. The van der Waals surface area contributed by atoms with Crippen LogP contribution >= 0.6 is 31.9 Å². The molecule has 0 atom stereocenters. The van der Waals surface area contributed by atoms with E-state index in [4.69, 9.17) is 9.84 Å². The van der Waals surface area contributed by atoms with E-state index in [2.05, 4.69) is 31.9 Å². The van der Waals surface area contributed by atoms with E-state index in [9.17, 15) is 9.18 Å². The molecule has 0 saturated heterocycles. The molecule has 2 rings (SSSR count). The number of hydrogen-bond donors (Lipinski definition) is 1. The van der Waals surface area contributed by atoms with E-state index in [0.29, 0.717) is 14.5 Å². The number of aromatic carboxylic acids is 1. The lowest BCUT2D eigenvalue weighted by Crippen LogP contribution is -2.04. The third-order valence-electron chi connectivity index (χ3n) is 2.57. The third-order valence-corrected chi connectivity index (χ3v) is 3.56. The lowest BCUT2D eigenvalue weighted by molar-refractivity contribution is 0.0691. The van der Waals surface area contributed by atoms with Crippen LogP contribution in [0, 0.1) is 5.82 Å². The molecule has 0 heterocycles. The number of benzene rings is 2. The third kappa shape index (κ3) is 3.58. The Bertz CT molecular complexity index is 659. The van der Waals surface area contributed by atoms with Gasteiger partial charge in [0.1, 0.15) is 23.7 Å². The lowest BCUT2D eigenvalue weighted by Gasteiger charge is -2.10. The van der Waals surface area contributed by atoms with Gasteiger partial charge in [-0.05, 0) is 30.3 Å². The SMILES string of the molecule is O=C(O)c1cc(Br)ccc1OCc1ccc(Br)cc1F. The number of hydrogen-bond acceptors (Lipinski definition) is 2. The van der Waals surface area contributed by atoms with Crippen molar-refractivity contribution in [2.45, 2.75) is 6.61 Å². The highest BCUT2D eigenvalue weighted by Gasteiger charge is 2.13. The predicted octanol–water partition coefficient (Wildman–Crippen LogP) is 4.63. The Morgan fingerprint density at radius 1 is 1.15 bits per heavy atom. The van der Waals surface area contributed by atoms with Crippen LogP contribution in [0.3, 0.4) is 0 Å². The fourth-order valence-electron chi connectivity index (χ4n) is 1.59. The molecule has 0 saturated carbocycles. The van der Waals surface area contributed by atoms with E-state index >= 15 is 0 Å². The van der Waals surface area contributed by atoms with Crippen LogP contribution < -0.4 is 4.74 Å². The molecule has 6 heteroatoms. The summed E-state index contributed by atoms with van der Waals surface area (Å²) in [7, 11) is 0. The molecule has 0 aliphatic carbocycles. The molecule has 2 aromatic rings. The minimum absolute atomic E-state index is 0.0249. The summed E-state index contributed by atoms with van der Waals surface area (Å²) in [6.45, 7) is -0.0406. The van der Waals surface area contributed by atoms with Crippen LogP contribution in [0.4, 0.5) is 4.39 Å². The van der Waals surface area contributed by atoms with Crippen molar-refractivity contribution in [3.63, 3.8) is 0 Å². The van der Waals surface area contributed by atoms with Crippen molar-refractivity contribution in [3.8, 4) is 5.75 Å². The zero-order chi connectivity index (χ0) is 14.7. The average Bonchev–Trinajstić information content (AvgIpc) is 2.38. The fraction of sp³-hybridized carbons (Fsp3) is 0.0714. The van der Waals surface area contributed by atoms with Gasteiger partial charge in [0, 0.05) is 14.5 Å². The van der Waals surface area contributed by atoms with E-state index in [1.165, 1.54) is 18.2 Å². The molecular formula is C14H9Br2FO3. The van der Waals surface area contributed by atoms with Gasteiger partial charge in [0.25, 0.3) is 0 Å². The van der Waals surface area contributed by atoms with E-state index < -0.39 is 11.8 Å². The van der Waals surface area contributed by atoms with Crippen molar-refractivity contribution in [3.05, 3.63) is 62.3 Å². The Labute approximate surface area is 131 Å². The van der Waals surface area contributed by atoms with Gasteiger partial charge in [0.15, 0.2) is 0 Å². The molecule has 0 fully saturated rings. The summed E-state index contributed by atoms with van der Waals surface area (Å²) < 4.78 is 20.3. The van der Waals surface area contributed by atoms with Crippen LogP contribution in [-0.2, 0) is 6.61 Å². The van der Waals surface area contributed by atoms with Gasteiger partial charge in [-0.3, -0.25) is 0 Å². The first kappa shape index (κ1) is 15.0. The Balaban J connectivity index is 2.20. The van der Waals surface area contributed by atoms with Crippen molar-refractivity contribution in [2.75, 3.05) is 0 Å². The largest absolute Gasteiger partial charge is 0.488 e. The van der Waals surface area contributed by atoms with Crippen LogP contribution in [0.2, 0.25) is 0 Å². The first-order valence-corrected chi connectivity index (χ1v) is 7.15. The summed E-state index contributed by atoms with van der Waals surface area (Å²) >= 11 is 6.36. The van der Waals surface area contributed by atoms with Crippen molar-refractivity contribution in [2.24, 2.45) is 0 Å². The zero-order valence-electron chi connectivity index (χ0n) is 10.1. The number of carboxylic acid groups (broad SMARTS) is 1. The zero-order valence-corrected chi connectivity index (χ0v) is 13.2. The van der Waals surface area contributed by atoms with Crippen molar-refractivity contribution < 1.29 is 19.0 Å². The minimum Gasteiger partial charge on any atom is -0.488 e. The smallest absolute Gasteiger partial charge is 0.339 e. The highest BCUT2D eigenvalue weighted by Crippen LogP contribution is 2.25. The number of carbonyl (C=O) groups is 1. The molecule has 0 spiro atoms. The second-order valence-corrected chi connectivity index (χ2v) is 5.80. The molecule has 0 aliphatic heterocycles. The molecule has 0 bridgehead atoms. The first-order valence-electron chi connectivity index (χ1n) is 5.57. The molecular weight excluding hydrogens is 395 g/mol. The number of halogens is 3. The molecule has 0 unspecified atom stereocenters. The molecule has 0 radical (unpaired) electrons. The van der Waals surface area contributed by atoms with Crippen molar-refractivity contribution in [1.29, 1.82) is 0 Å². The fourth-order valence-corrected chi connectivity index (χ4v) is 2.28. The second kappa shape index (κ2) is 6.37. The van der Waals surface area contributed by atoms with Gasteiger partial charge < -0.3 is 9.84 Å². The van der Waals surface area contributed by atoms with Crippen LogP contribution in [0.25, 0.3) is 0 Å². The lowest BCUT2D eigenvalue weighted by atomic mass is 10.2. The predicted molar refractivity (Wildman–Crippen MR) is 79.5 cm³/mol. The average molecular weight is 404 g/mol. The standard InChI is InChI=1S/C14H9Br2FO3/c15-9-3-4-13(11(5-9)14(18)19)20-7-8-1-2-10(16)6-12(8)17/h1-6H,7H2,(H,18,19). The normalized spacial score (nSPS) is 10.3. The van der Waals surface area contributed by atoms with Gasteiger partial charge in [-0.2, -0.15) is 0 Å². The molecule has 1 N–H and O–H groups in total. The summed E-state index contributed by atoms with van der Waals surface area (Å²) in [5, 5.41) is 9.10. The van der Waals surface area contributed by atoms with Crippen molar-refractivity contribution in [1.82, 2.24) is 0 Å². The van der Waals surface area contributed by atoms with Crippen molar-refractivity contribution >= 4 is 37.8 Å². The van der Waals surface area contributed by atoms with Crippen LogP contribution in [0.1, 0.15) is 15.9 Å². The summed E-state index contributed by atoms with van der Waals surface area (Å²) in [6.07, 6.45) is 0. The van der Waals surface area contributed by atoms with Gasteiger partial charge in [-0.15, -0.1) is 0 Å². The maximum Gasteiger partial charge on any atom is 0.339 e. The van der Waals surface area contributed by atoms with Gasteiger partial charge in [-0.1, -0.05) is 37.9 Å². The number of carboxylic acids is 1. The Morgan fingerprint density at radius 3 is 2.45 bits per heavy atom. The van der Waals surface area contributed by atoms with Gasteiger partial charge in [0.2, 0.25) is 0 Å². The molecule has 104 valence electrons. The van der Waals surface area contributed by atoms with Gasteiger partial charge in [0.05, 0.1) is 0 Å². The summed E-state index contributed by atoms with van der Waals surface area (Å²) in [6, 6.07) is 9.25. The molecule has 0 aliphatic rings. The number of rotatable bonds is 4. The minimum atomic E-state index is -1.10. The Kier molecular flexibility index (Phi) is 4.77. The van der Waals surface area contributed by atoms with Crippen LogP contribution in [-0.4, -0.2) is 11.1 Å². The van der Waals surface area contributed by atoms with E-state index in [1.807, 2.05) is 0 Å². The highest BCUT2D eigenvalue weighted by atomic mass is 79.9. The van der Waals surface area contributed by atoms with E-state index in [-0.39, 0.29) is 17.9 Å². The molecule has 0 aromatic heterocycles. The van der Waals surface area contributed by atoms with Gasteiger partial charge >= 0.3 is 5.97 Å². The summed E-state index contributed by atoms with van der Waals surface area (Å²) in [5.74, 6) is -1.31. The maximum atomic E-state index is 13.6. The highest BCUT2D eigenvalue weighted by molar-refractivity contribution is 9.10. The van der Waals surface area contributed by atoms with Gasteiger partial charge in [-0.25, -0.2) is 9.18 Å². The summed E-state index contributed by atoms with van der Waals surface area (Å²) in [5.41, 5.74) is 0.379. The Morgan fingerprint density at radius 2 is 1.80 bits per heavy atom. The monoisotopic (exact) mass is 402 g/mol. The second-order valence-electron chi connectivity index (χ2n) is 3.97. The molecule has 0 amide bonds. The number of ether oxygens (including phenoxy) is 1. The quantitative estimate of drug-likeness (QED) is 0.809. The molecule has 2 aromatic carbocycles. The molecule has 3 nitrogen and oxygen atoms in total. The molecule has 20 heavy (non-hydrogen) atoms. The van der Waals surface area contributed by atoms with E-state index in [1.54, 1.807) is 18.2 Å².